The molecule has 0 saturated carbocycles. The maximum atomic E-state index is 13.4. The molecule has 126 valence electrons. The van der Waals surface area contributed by atoms with Crippen molar-refractivity contribution in [2.45, 2.75) is 13.0 Å². The topological polar surface area (TPSA) is 85.1 Å². The van der Waals surface area contributed by atoms with E-state index in [1.54, 1.807) is 43.3 Å². The standard InChI is InChI=1S/C19H16FN3O2/c1-11-9-15(14-8-7-13(20)10-16(14)22-11)19(25)23-17(18(21)24)12-5-3-2-4-6-12/h2-10,17H,1H3,(H2,21,24)(H,23,25). The molecule has 0 bridgehead atoms. The number of pyridine rings is 1. The normalized spacial score (nSPS) is 11.9. The molecule has 6 heteroatoms. The molecule has 1 aromatic heterocycles. The Labute approximate surface area is 143 Å². The summed E-state index contributed by atoms with van der Waals surface area (Å²) in [6.07, 6.45) is 0. The molecular formula is C19H16FN3O2. The number of rotatable bonds is 4. The summed E-state index contributed by atoms with van der Waals surface area (Å²) in [6.45, 7) is 1.71. The smallest absolute Gasteiger partial charge is 0.252 e. The fraction of sp³-hybridized carbons (Fsp3) is 0.105. The molecular weight excluding hydrogens is 321 g/mol. The number of hydrogen-bond donors (Lipinski definition) is 2. The minimum atomic E-state index is -0.960. The van der Waals surface area contributed by atoms with Gasteiger partial charge in [-0.15, -0.1) is 0 Å². The van der Waals surface area contributed by atoms with Gasteiger partial charge in [0.15, 0.2) is 0 Å². The van der Waals surface area contributed by atoms with E-state index in [-0.39, 0.29) is 0 Å². The van der Waals surface area contributed by atoms with E-state index in [1.807, 2.05) is 0 Å². The van der Waals surface area contributed by atoms with Crippen LogP contribution in [-0.2, 0) is 4.79 Å². The Hall–Kier alpha value is -3.28. The van der Waals surface area contributed by atoms with Crippen LogP contribution in [0, 0.1) is 12.7 Å². The van der Waals surface area contributed by atoms with Gasteiger partial charge < -0.3 is 11.1 Å². The van der Waals surface area contributed by atoms with E-state index in [9.17, 15) is 14.0 Å². The maximum absolute atomic E-state index is 13.4. The van der Waals surface area contributed by atoms with Gasteiger partial charge in [-0.3, -0.25) is 14.6 Å². The Balaban J connectivity index is 2.00. The van der Waals surface area contributed by atoms with Gasteiger partial charge in [0, 0.05) is 17.1 Å². The average Bonchev–Trinajstić information content (AvgIpc) is 2.58. The minimum absolute atomic E-state index is 0.310. The first-order valence-electron chi connectivity index (χ1n) is 7.68. The Morgan fingerprint density at radius 2 is 1.84 bits per heavy atom. The van der Waals surface area contributed by atoms with E-state index < -0.39 is 23.7 Å². The number of aromatic nitrogens is 1. The van der Waals surface area contributed by atoms with Crippen LogP contribution in [0.5, 0.6) is 0 Å². The lowest BCUT2D eigenvalue weighted by Gasteiger charge is -2.17. The molecule has 0 radical (unpaired) electrons. The second kappa shape index (κ2) is 6.68. The zero-order valence-electron chi connectivity index (χ0n) is 13.5. The van der Waals surface area contributed by atoms with Crippen LogP contribution in [0.1, 0.15) is 27.7 Å². The van der Waals surface area contributed by atoms with Gasteiger partial charge in [0.2, 0.25) is 5.91 Å². The van der Waals surface area contributed by atoms with Crippen LogP contribution < -0.4 is 11.1 Å². The minimum Gasteiger partial charge on any atom is -0.368 e. The molecule has 0 saturated heterocycles. The predicted octanol–water partition coefficient (Wildman–Crippen LogP) is 2.64. The summed E-state index contributed by atoms with van der Waals surface area (Å²) in [5, 5.41) is 3.15. The van der Waals surface area contributed by atoms with Gasteiger partial charge >= 0.3 is 0 Å². The lowest BCUT2D eigenvalue weighted by molar-refractivity contribution is -0.120. The van der Waals surface area contributed by atoms with Crippen molar-refractivity contribution in [2.75, 3.05) is 0 Å². The molecule has 0 aliphatic rings. The molecule has 3 N–H and O–H groups in total. The molecule has 2 aromatic carbocycles. The summed E-state index contributed by atoms with van der Waals surface area (Å²) in [6, 6.07) is 13.4. The number of halogens is 1. The van der Waals surface area contributed by atoms with Crippen molar-refractivity contribution in [3.05, 3.63) is 77.2 Å². The van der Waals surface area contributed by atoms with Crippen molar-refractivity contribution in [3.63, 3.8) is 0 Å². The van der Waals surface area contributed by atoms with E-state index in [0.717, 1.165) is 0 Å². The fourth-order valence-electron chi connectivity index (χ4n) is 2.69. The number of nitrogens with two attached hydrogens (primary N) is 1. The van der Waals surface area contributed by atoms with E-state index >= 15 is 0 Å². The average molecular weight is 337 g/mol. The molecule has 2 amide bonds. The highest BCUT2D eigenvalue weighted by molar-refractivity contribution is 6.07. The highest BCUT2D eigenvalue weighted by atomic mass is 19.1. The third-order valence-corrected chi connectivity index (χ3v) is 3.84. The fourth-order valence-corrected chi connectivity index (χ4v) is 2.69. The van der Waals surface area contributed by atoms with Crippen molar-refractivity contribution in [1.29, 1.82) is 0 Å². The van der Waals surface area contributed by atoms with Crippen LogP contribution in [0.25, 0.3) is 10.9 Å². The summed E-state index contributed by atoms with van der Waals surface area (Å²) in [5.74, 6) is -1.58. The number of carbonyl (C=O) groups is 2. The maximum Gasteiger partial charge on any atom is 0.252 e. The number of fused-ring (bicyclic) bond motifs is 1. The Bertz CT molecular complexity index is 952. The number of hydrogen-bond acceptors (Lipinski definition) is 3. The van der Waals surface area contributed by atoms with Crippen LogP contribution in [0.2, 0.25) is 0 Å². The molecule has 3 aromatic rings. The molecule has 0 fully saturated rings. The first kappa shape index (κ1) is 16.6. The van der Waals surface area contributed by atoms with Gasteiger partial charge in [-0.1, -0.05) is 30.3 Å². The van der Waals surface area contributed by atoms with Gasteiger partial charge in [-0.2, -0.15) is 0 Å². The summed E-state index contributed by atoms with van der Waals surface area (Å²) < 4.78 is 13.4. The quantitative estimate of drug-likeness (QED) is 0.767. The van der Waals surface area contributed by atoms with Gasteiger partial charge in [0.05, 0.1) is 11.1 Å². The van der Waals surface area contributed by atoms with Crippen LogP contribution in [0.4, 0.5) is 4.39 Å². The zero-order valence-corrected chi connectivity index (χ0v) is 13.5. The number of aryl methyl sites for hydroxylation is 1. The van der Waals surface area contributed by atoms with Crippen LogP contribution in [0.3, 0.4) is 0 Å². The number of primary amides is 1. The SMILES string of the molecule is Cc1cc(C(=O)NC(C(N)=O)c2ccccc2)c2ccc(F)cc2n1. The monoisotopic (exact) mass is 337 g/mol. The first-order valence-corrected chi connectivity index (χ1v) is 7.68. The second-order valence-electron chi connectivity index (χ2n) is 5.69. The molecule has 5 nitrogen and oxygen atoms in total. The van der Waals surface area contributed by atoms with E-state index in [0.29, 0.717) is 27.7 Å². The van der Waals surface area contributed by atoms with Crippen LogP contribution in [0.15, 0.2) is 54.6 Å². The second-order valence-corrected chi connectivity index (χ2v) is 5.69. The molecule has 25 heavy (non-hydrogen) atoms. The first-order chi connectivity index (χ1) is 12.0. The zero-order chi connectivity index (χ0) is 18.0. The molecule has 3 rings (SSSR count). The van der Waals surface area contributed by atoms with Crippen LogP contribution >= 0.6 is 0 Å². The van der Waals surface area contributed by atoms with E-state index in [1.165, 1.54) is 18.2 Å². The number of nitrogens with one attached hydrogen (secondary N) is 1. The molecule has 1 heterocycles. The van der Waals surface area contributed by atoms with Gasteiger partial charge in [-0.25, -0.2) is 4.39 Å². The van der Waals surface area contributed by atoms with Gasteiger partial charge in [0.25, 0.3) is 5.91 Å². The van der Waals surface area contributed by atoms with Crippen molar-refractivity contribution in [2.24, 2.45) is 5.73 Å². The third kappa shape index (κ3) is 3.47. The molecule has 1 atom stereocenters. The van der Waals surface area contributed by atoms with Crippen molar-refractivity contribution < 1.29 is 14.0 Å². The third-order valence-electron chi connectivity index (χ3n) is 3.84. The van der Waals surface area contributed by atoms with Crippen molar-refractivity contribution in [3.8, 4) is 0 Å². The predicted molar refractivity (Wildman–Crippen MR) is 92.3 cm³/mol. The lowest BCUT2D eigenvalue weighted by atomic mass is 10.0. The Morgan fingerprint density at radius 3 is 2.52 bits per heavy atom. The Kier molecular flexibility index (Phi) is 4.43. The molecule has 0 spiro atoms. The van der Waals surface area contributed by atoms with Crippen LogP contribution in [-0.4, -0.2) is 16.8 Å². The van der Waals surface area contributed by atoms with Gasteiger partial charge in [-0.05, 0) is 30.7 Å². The number of carbonyl (C=O) groups excluding carboxylic acids is 2. The largest absolute Gasteiger partial charge is 0.368 e. The van der Waals surface area contributed by atoms with Crippen molar-refractivity contribution in [1.82, 2.24) is 10.3 Å². The number of amides is 2. The number of nitrogens with zero attached hydrogens (tertiary/aromatic N) is 1. The van der Waals surface area contributed by atoms with E-state index in [4.69, 9.17) is 5.73 Å². The van der Waals surface area contributed by atoms with Crippen molar-refractivity contribution >= 4 is 22.7 Å². The molecule has 0 aliphatic carbocycles. The summed E-state index contributed by atoms with van der Waals surface area (Å²) >= 11 is 0. The highest BCUT2D eigenvalue weighted by Crippen LogP contribution is 2.21. The summed E-state index contributed by atoms with van der Waals surface area (Å²) in [5.41, 5.74) is 7.28. The Morgan fingerprint density at radius 1 is 1.12 bits per heavy atom. The lowest BCUT2D eigenvalue weighted by Crippen LogP contribution is -2.37. The summed E-state index contributed by atoms with van der Waals surface area (Å²) in [7, 11) is 0. The molecule has 1 unspecified atom stereocenters. The highest BCUT2D eigenvalue weighted by Gasteiger charge is 2.22. The summed E-state index contributed by atoms with van der Waals surface area (Å²) in [4.78, 5) is 28.8. The van der Waals surface area contributed by atoms with E-state index in [2.05, 4.69) is 10.3 Å². The molecule has 0 aliphatic heterocycles. The van der Waals surface area contributed by atoms with Gasteiger partial charge in [0.1, 0.15) is 11.9 Å². The number of benzene rings is 2.